The van der Waals surface area contributed by atoms with Crippen molar-refractivity contribution in [1.82, 2.24) is 10.1 Å². The normalized spacial score (nSPS) is 10.7. The van der Waals surface area contributed by atoms with Crippen LogP contribution in [0.2, 0.25) is 0 Å². The number of carbonyl (C=O) groups is 1. The molecule has 0 saturated heterocycles. The van der Waals surface area contributed by atoms with Crippen molar-refractivity contribution >= 4 is 22.9 Å². The molecule has 1 amide bonds. The number of anilines is 1. The summed E-state index contributed by atoms with van der Waals surface area (Å²) >= 11 is 1.44. The second-order valence-electron chi connectivity index (χ2n) is 6.22. The Labute approximate surface area is 160 Å². The van der Waals surface area contributed by atoms with Gasteiger partial charge in [0.15, 0.2) is 0 Å². The zero-order valence-electron chi connectivity index (χ0n) is 14.9. The van der Waals surface area contributed by atoms with E-state index in [0.29, 0.717) is 23.0 Å². The zero-order chi connectivity index (χ0) is 18.8. The number of amides is 1. The molecule has 0 aliphatic heterocycles. The molecule has 0 radical (unpaired) electrons. The van der Waals surface area contributed by atoms with E-state index in [1.165, 1.54) is 16.9 Å². The lowest BCUT2D eigenvalue weighted by atomic mass is 10.1. The van der Waals surface area contributed by atoms with E-state index in [4.69, 9.17) is 4.52 Å². The van der Waals surface area contributed by atoms with Crippen LogP contribution in [0.25, 0.3) is 22.2 Å². The van der Waals surface area contributed by atoms with Crippen molar-refractivity contribution in [2.45, 2.75) is 13.8 Å². The van der Waals surface area contributed by atoms with E-state index in [2.05, 4.69) is 15.5 Å². The molecule has 2 heterocycles. The van der Waals surface area contributed by atoms with Crippen molar-refractivity contribution in [2.75, 3.05) is 5.32 Å². The number of thiophene rings is 1. The molecule has 5 nitrogen and oxygen atoms in total. The first-order valence-corrected chi connectivity index (χ1v) is 9.35. The molecule has 2 aromatic carbocycles. The maximum absolute atomic E-state index is 12.6. The van der Waals surface area contributed by atoms with Crippen LogP contribution in [-0.4, -0.2) is 16.0 Å². The molecule has 0 unspecified atom stereocenters. The maximum atomic E-state index is 12.6. The lowest BCUT2D eigenvalue weighted by molar-refractivity contribution is 0.102. The molecule has 134 valence electrons. The van der Waals surface area contributed by atoms with Gasteiger partial charge in [-0.3, -0.25) is 4.79 Å². The minimum Gasteiger partial charge on any atom is -0.333 e. The fourth-order valence-corrected chi connectivity index (χ4v) is 3.50. The topological polar surface area (TPSA) is 68.0 Å². The smallest absolute Gasteiger partial charge is 0.270 e. The van der Waals surface area contributed by atoms with Gasteiger partial charge >= 0.3 is 0 Å². The Morgan fingerprint density at radius 1 is 1.04 bits per heavy atom. The Balaban J connectivity index is 1.60. The van der Waals surface area contributed by atoms with Crippen LogP contribution in [0.5, 0.6) is 0 Å². The summed E-state index contributed by atoms with van der Waals surface area (Å²) in [4.78, 5) is 17.8. The van der Waals surface area contributed by atoms with Crippen LogP contribution in [0.1, 0.15) is 21.5 Å². The minimum atomic E-state index is -0.161. The first-order chi connectivity index (χ1) is 13.1. The first kappa shape index (κ1) is 17.2. The van der Waals surface area contributed by atoms with Crippen LogP contribution in [0.15, 0.2) is 64.5 Å². The predicted molar refractivity (Wildman–Crippen MR) is 107 cm³/mol. The van der Waals surface area contributed by atoms with Crippen LogP contribution in [-0.2, 0) is 0 Å². The van der Waals surface area contributed by atoms with Gasteiger partial charge in [0.05, 0.1) is 5.69 Å². The van der Waals surface area contributed by atoms with Gasteiger partial charge in [-0.15, -0.1) is 11.3 Å². The molecule has 0 fully saturated rings. The van der Waals surface area contributed by atoms with Gasteiger partial charge in [-0.2, -0.15) is 4.98 Å². The second kappa shape index (κ2) is 7.17. The van der Waals surface area contributed by atoms with Gasteiger partial charge in [0.25, 0.3) is 11.8 Å². The molecule has 6 heteroatoms. The zero-order valence-corrected chi connectivity index (χ0v) is 15.7. The summed E-state index contributed by atoms with van der Waals surface area (Å²) in [5.74, 6) is 0.751. The standard InChI is InChI=1S/C21H17N3O2S/c1-13-7-9-15(10-8-13)19-23-21(26-24-19)18-17(11-12-27-18)22-20(25)16-6-4-3-5-14(16)2/h3-12H,1-2H3,(H,22,25). The fraction of sp³-hybridized carbons (Fsp3) is 0.0952. The molecular formula is C21H17N3O2S. The van der Waals surface area contributed by atoms with E-state index in [1.807, 2.05) is 67.8 Å². The number of aryl methyl sites for hydroxylation is 2. The van der Waals surface area contributed by atoms with Gasteiger partial charge in [-0.1, -0.05) is 53.2 Å². The van der Waals surface area contributed by atoms with Gasteiger partial charge in [0, 0.05) is 11.1 Å². The number of benzene rings is 2. The average Bonchev–Trinajstić information content (AvgIpc) is 3.32. The fourth-order valence-electron chi connectivity index (χ4n) is 2.73. The third-order valence-corrected chi connectivity index (χ3v) is 5.14. The highest BCUT2D eigenvalue weighted by atomic mass is 32.1. The molecule has 27 heavy (non-hydrogen) atoms. The Hall–Kier alpha value is -3.25. The Kier molecular flexibility index (Phi) is 4.56. The van der Waals surface area contributed by atoms with Crippen molar-refractivity contribution in [1.29, 1.82) is 0 Å². The highest BCUT2D eigenvalue weighted by Gasteiger charge is 2.18. The quantitative estimate of drug-likeness (QED) is 0.523. The molecule has 0 aliphatic rings. The molecule has 1 N–H and O–H groups in total. The molecule has 0 aliphatic carbocycles. The van der Waals surface area contributed by atoms with Gasteiger partial charge < -0.3 is 9.84 Å². The number of nitrogens with one attached hydrogen (secondary N) is 1. The van der Waals surface area contributed by atoms with E-state index in [9.17, 15) is 4.79 Å². The van der Waals surface area contributed by atoms with E-state index in [0.717, 1.165) is 16.0 Å². The van der Waals surface area contributed by atoms with E-state index in [-0.39, 0.29) is 5.91 Å². The van der Waals surface area contributed by atoms with Gasteiger partial charge in [-0.25, -0.2) is 0 Å². The summed E-state index contributed by atoms with van der Waals surface area (Å²) in [5, 5.41) is 8.91. The van der Waals surface area contributed by atoms with Crippen LogP contribution in [0.3, 0.4) is 0 Å². The lowest BCUT2D eigenvalue weighted by Gasteiger charge is -2.07. The largest absolute Gasteiger partial charge is 0.333 e. The summed E-state index contributed by atoms with van der Waals surface area (Å²) in [6.45, 7) is 3.94. The van der Waals surface area contributed by atoms with Crippen molar-refractivity contribution < 1.29 is 9.32 Å². The Morgan fingerprint density at radius 2 is 1.81 bits per heavy atom. The molecule has 0 saturated carbocycles. The summed E-state index contributed by atoms with van der Waals surface area (Å²) in [6, 6.07) is 17.2. The van der Waals surface area contributed by atoms with Crippen molar-refractivity contribution in [3.05, 3.63) is 76.7 Å². The molecular weight excluding hydrogens is 358 g/mol. The predicted octanol–water partition coefficient (Wildman–Crippen LogP) is 5.33. The average molecular weight is 375 g/mol. The molecule has 4 aromatic rings. The number of aromatic nitrogens is 2. The van der Waals surface area contributed by atoms with Crippen LogP contribution >= 0.6 is 11.3 Å². The number of hydrogen-bond donors (Lipinski definition) is 1. The van der Waals surface area contributed by atoms with E-state index < -0.39 is 0 Å². The van der Waals surface area contributed by atoms with E-state index in [1.54, 1.807) is 6.07 Å². The van der Waals surface area contributed by atoms with Crippen LogP contribution < -0.4 is 5.32 Å². The second-order valence-corrected chi connectivity index (χ2v) is 7.14. The van der Waals surface area contributed by atoms with E-state index >= 15 is 0 Å². The van der Waals surface area contributed by atoms with Gasteiger partial charge in [0.1, 0.15) is 4.88 Å². The Morgan fingerprint density at radius 3 is 2.59 bits per heavy atom. The molecule has 0 atom stereocenters. The lowest BCUT2D eigenvalue weighted by Crippen LogP contribution is -2.13. The number of carbonyl (C=O) groups excluding carboxylic acids is 1. The Bertz CT molecular complexity index is 1100. The summed E-state index contributed by atoms with van der Waals surface area (Å²) in [6.07, 6.45) is 0. The van der Waals surface area contributed by atoms with Crippen LogP contribution in [0, 0.1) is 13.8 Å². The number of rotatable bonds is 4. The number of hydrogen-bond acceptors (Lipinski definition) is 5. The highest BCUT2D eigenvalue weighted by molar-refractivity contribution is 7.14. The van der Waals surface area contributed by atoms with Gasteiger partial charge in [-0.05, 0) is 36.9 Å². The molecule has 0 spiro atoms. The molecule has 0 bridgehead atoms. The van der Waals surface area contributed by atoms with Crippen LogP contribution in [0.4, 0.5) is 5.69 Å². The van der Waals surface area contributed by atoms with Crippen molar-refractivity contribution in [3.63, 3.8) is 0 Å². The SMILES string of the molecule is Cc1ccc(-c2noc(-c3sccc3NC(=O)c3ccccc3C)n2)cc1. The highest BCUT2D eigenvalue weighted by Crippen LogP contribution is 2.34. The molecule has 2 aromatic heterocycles. The summed E-state index contributed by atoms with van der Waals surface area (Å²) < 4.78 is 5.44. The molecule has 4 rings (SSSR count). The monoisotopic (exact) mass is 375 g/mol. The van der Waals surface area contributed by atoms with Crippen molar-refractivity contribution in [3.8, 4) is 22.2 Å². The third kappa shape index (κ3) is 3.52. The maximum Gasteiger partial charge on any atom is 0.270 e. The van der Waals surface area contributed by atoms with Crippen molar-refractivity contribution in [2.24, 2.45) is 0 Å². The summed E-state index contributed by atoms with van der Waals surface area (Å²) in [7, 11) is 0. The van der Waals surface area contributed by atoms with Gasteiger partial charge in [0.2, 0.25) is 5.82 Å². The minimum absolute atomic E-state index is 0.161. The summed E-state index contributed by atoms with van der Waals surface area (Å²) in [5.41, 5.74) is 4.28. The first-order valence-electron chi connectivity index (χ1n) is 8.47. The number of nitrogens with zero attached hydrogens (tertiary/aromatic N) is 2. The third-order valence-electron chi connectivity index (χ3n) is 4.23.